The SMILES string of the molecule is CCC[C@H](OC(Cn1c(=O)n(C(C)(C)C(=O)O)c(=O)c2c(C)c(-c3ncco3)sc21)c1ccccc1OC)C(C)(C)C(C)(C)C. The van der Waals surface area contributed by atoms with Crippen LogP contribution in [-0.2, 0) is 21.6 Å². The number of nitrogens with zero attached hydrogens (tertiary/aromatic N) is 3. The molecule has 4 rings (SSSR count). The van der Waals surface area contributed by atoms with Crippen LogP contribution in [0.15, 0.2) is 50.7 Å². The predicted octanol–water partition coefficient (Wildman–Crippen LogP) is 7.02. The van der Waals surface area contributed by atoms with Crippen LogP contribution in [0.5, 0.6) is 5.75 Å². The van der Waals surface area contributed by atoms with Crippen LogP contribution in [0.1, 0.15) is 85.5 Å². The number of aromatic nitrogens is 3. The molecule has 4 aromatic rings. The summed E-state index contributed by atoms with van der Waals surface area (Å²) >= 11 is 1.21. The van der Waals surface area contributed by atoms with Gasteiger partial charge in [-0.15, -0.1) is 11.3 Å². The second-order valence-electron chi connectivity index (χ2n) is 13.6. The van der Waals surface area contributed by atoms with E-state index in [1.165, 1.54) is 42.2 Å². The summed E-state index contributed by atoms with van der Waals surface area (Å²) in [5, 5.41) is 10.4. The number of fused-ring (bicyclic) bond motifs is 1. The lowest BCUT2D eigenvalue weighted by Crippen LogP contribution is -2.53. The first-order valence-corrected chi connectivity index (χ1v) is 16.0. The van der Waals surface area contributed by atoms with Gasteiger partial charge in [0.05, 0.1) is 36.2 Å². The summed E-state index contributed by atoms with van der Waals surface area (Å²) in [5.41, 5.74) is -2.35. The maximum Gasteiger partial charge on any atom is 0.333 e. The van der Waals surface area contributed by atoms with Crippen LogP contribution in [-0.4, -0.2) is 38.4 Å². The molecule has 0 saturated carbocycles. The summed E-state index contributed by atoms with van der Waals surface area (Å²) in [5.74, 6) is -0.401. The molecular weight excluding hydrogens is 594 g/mol. The molecule has 1 aromatic carbocycles. The molecule has 1 N–H and O–H groups in total. The second-order valence-corrected chi connectivity index (χ2v) is 14.6. The molecule has 244 valence electrons. The third kappa shape index (κ3) is 6.12. The number of thiophene rings is 1. The first-order valence-electron chi connectivity index (χ1n) is 15.2. The van der Waals surface area contributed by atoms with Gasteiger partial charge in [0, 0.05) is 5.56 Å². The Morgan fingerprint density at radius 3 is 2.33 bits per heavy atom. The van der Waals surface area contributed by atoms with Crippen molar-refractivity contribution < 1.29 is 23.8 Å². The number of carboxylic acids is 1. The molecule has 0 saturated heterocycles. The van der Waals surface area contributed by atoms with Crippen molar-refractivity contribution in [2.75, 3.05) is 7.11 Å². The zero-order valence-electron chi connectivity index (χ0n) is 27.9. The largest absolute Gasteiger partial charge is 0.496 e. The minimum atomic E-state index is -1.83. The lowest BCUT2D eigenvalue weighted by Gasteiger charge is -2.46. The van der Waals surface area contributed by atoms with Crippen LogP contribution in [0.3, 0.4) is 0 Å². The minimum absolute atomic E-state index is 0.00288. The van der Waals surface area contributed by atoms with E-state index < -0.39 is 28.9 Å². The van der Waals surface area contributed by atoms with Gasteiger partial charge in [-0.05, 0) is 49.7 Å². The summed E-state index contributed by atoms with van der Waals surface area (Å²) < 4.78 is 20.7. The first-order chi connectivity index (χ1) is 21.0. The van der Waals surface area contributed by atoms with E-state index in [9.17, 15) is 19.5 Å². The Bertz CT molecular complexity index is 1790. The van der Waals surface area contributed by atoms with E-state index in [0.717, 1.165) is 23.0 Å². The Kier molecular flexibility index (Phi) is 9.57. The van der Waals surface area contributed by atoms with Gasteiger partial charge < -0.3 is 19.0 Å². The molecule has 0 amide bonds. The fraction of sp³-hybridized carbons (Fsp3) is 0.529. The smallest absolute Gasteiger partial charge is 0.333 e. The Morgan fingerprint density at radius 1 is 1.11 bits per heavy atom. The number of rotatable bonds is 12. The van der Waals surface area contributed by atoms with Gasteiger partial charge in [0.25, 0.3) is 5.56 Å². The molecule has 0 aliphatic carbocycles. The molecular formula is C34H45N3O7S. The standard InChI is InChI=1S/C34H45N3O7S/c1-11-14-24(33(6,7)32(3,4)5)44-23(21-15-12-13-16-22(21)42-10)19-36-29-25(20(2)26(45-29)27-35-17-18-43-27)28(38)37(31(36)41)34(8,9)30(39)40/h12-13,15-18,23-24H,11,14,19H2,1-10H3,(H,39,40)/t23?,24-/m0/s1. The molecule has 3 heterocycles. The Balaban J connectivity index is 2.05. The number of carbonyl (C=O) groups is 1. The van der Waals surface area contributed by atoms with Crippen LogP contribution >= 0.6 is 11.3 Å². The van der Waals surface area contributed by atoms with Crippen LogP contribution in [0.25, 0.3) is 21.0 Å². The molecule has 45 heavy (non-hydrogen) atoms. The molecule has 0 spiro atoms. The number of oxazole rings is 1. The predicted molar refractivity (Wildman–Crippen MR) is 176 cm³/mol. The average Bonchev–Trinajstić information content (AvgIpc) is 3.61. The molecule has 11 heteroatoms. The Labute approximate surface area is 267 Å². The van der Waals surface area contributed by atoms with Gasteiger partial charge in [0.2, 0.25) is 5.89 Å². The van der Waals surface area contributed by atoms with Gasteiger partial charge in [-0.3, -0.25) is 9.36 Å². The zero-order valence-corrected chi connectivity index (χ0v) is 28.7. The molecule has 0 radical (unpaired) electrons. The van der Waals surface area contributed by atoms with Crippen molar-refractivity contribution in [3.05, 3.63) is 68.7 Å². The lowest BCUT2D eigenvalue weighted by molar-refractivity contribution is -0.146. The van der Waals surface area contributed by atoms with Crippen LogP contribution in [0, 0.1) is 17.8 Å². The number of hydrogen-bond acceptors (Lipinski definition) is 8. The zero-order chi connectivity index (χ0) is 33.5. The molecule has 1 unspecified atom stereocenters. The summed E-state index contributed by atoms with van der Waals surface area (Å²) in [6.07, 6.45) is 3.71. The van der Waals surface area contributed by atoms with E-state index in [-0.39, 0.29) is 28.9 Å². The lowest BCUT2D eigenvalue weighted by atomic mass is 9.65. The van der Waals surface area contributed by atoms with Crippen molar-refractivity contribution in [1.29, 1.82) is 0 Å². The number of methoxy groups -OCH3 is 1. The highest BCUT2D eigenvalue weighted by Crippen LogP contribution is 2.46. The molecule has 2 atom stereocenters. The van der Waals surface area contributed by atoms with Crippen molar-refractivity contribution in [1.82, 2.24) is 14.1 Å². The van der Waals surface area contributed by atoms with Crippen molar-refractivity contribution in [3.63, 3.8) is 0 Å². The summed E-state index contributed by atoms with van der Waals surface area (Å²) in [6.45, 7) is 17.5. The van der Waals surface area contributed by atoms with Gasteiger partial charge in [-0.25, -0.2) is 19.1 Å². The second kappa shape index (κ2) is 12.6. The van der Waals surface area contributed by atoms with Crippen LogP contribution in [0.2, 0.25) is 0 Å². The van der Waals surface area contributed by atoms with Gasteiger partial charge >= 0.3 is 11.7 Å². The number of benzene rings is 1. The van der Waals surface area contributed by atoms with E-state index in [1.54, 1.807) is 14.0 Å². The Hall–Kier alpha value is -3.70. The summed E-state index contributed by atoms with van der Waals surface area (Å²) in [4.78, 5) is 46.1. The third-order valence-electron chi connectivity index (χ3n) is 9.37. The van der Waals surface area contributed by atoms with E-state index in [0.29, 0.717) is 26.9 Å². The van der Waals surface area contributed by atoms with Crippen molar-refractivity contribution >= 4 is 27.5 Å². The fourth-order valence-electron chi connectivity index (χ4n) is 5.49. The van der Waals surface area contributed by atoms with Crippen molar-refractivity contribution in [3.8, 4) is 16.5 Å². The molecule has 0 aliphatic rings. The van der Waals surface area contributed by atoms with Crippen molar-refractivity contribution in [2.45, 2.75) is 99.4 Å². The van der Waals surface area contributed by atoms with Crippen LogP contribution < -0.4 is 16.0 Å². The van der Waals surface area contributed by atoms with Gasteiger partial charge in [-0.1, -0.05) is 66.2 Å². The maximum absolute atomic E-state index is 14.4. The third-order valence-corrected chi connectivity index (χ3v) is 10.7. The number of para-hydroxylation sites is 1. The number of hydrogen-bond donors (Lipinski definition) is 1. The van der Waals surface area contributed by atoms with Crippen LogP contribution in [0.4, 0.5) is 0 Å². The highest BCUT2D eigenvalue weighted by Gasteiger charge is 2.42. The minimum Gasteiger partial charge on any atom is -0.496 e. The van der Waals surface area contributed by atoms with Gasteiger partial charge in [-0.2, -0.15) is 0 Å². The van der Waals surface area contributed by atoms with Gasteiger partial charge in [0.1, 0.15) is 28.5 Å². The fourth-order valence-corrected chi connectivity index (χ4v) is 6.73. The molecule has 0 bridgehead atoms. The monoisotopic (exact) mass is 639 g/mol. The number of aliphatic carboxylic acids is 1. The van der Waals surface area contributed by atoms with E-state index >= 15 is 0 Å². The number of carboxylic acid groups (broad SMARTS) is 1. The quantitative estimate of drug-likeness (QED) is 0.175. The normalized spacial score (nSPS) is 14.1. The topological polar surface area (TPSA) is 126 Å². The highest BCUT2D eigenvalue weighted by molar-refractivity contribution is 7.22. The van der Waals surface area contributed by atoms with Gasteiger partial charge in [0.15, 0.2) is 0 Å². The summed E-state index contributed by atoms with van der Waals surface area (Å²) in [7, 11) is 1.59. The number of ether oxygens (including phenoxy) is 2. The van der Waals surface area contributed by atoms with E-state index in [4.69, 9.17) is 13.9 Å². The van der Waals surface area contributed by atoms with E-state index in [1.807, 2.05) is 24.3 Å². The molecule has 0 aliphatic heterocycles. The average molecular weight is 640 g/mol. The summed E-state index contributed by atoms with van der Waals surface area (Å²) in [6, 6.07) is 7.51. The highest BCUT2D eigenvalue weighted by atomic mass is 32.1. The first kappa shape index (κ1) is 34.2. The number of aryl methyl sites for hydroxylation is 1. The molecule has 0 fully saturated rings. The maximum atomic E-state index is 14.4. The Morgan fingerprint density at radius 2 is 1.78 bits per heavy atom. The van der Waals surface area contributed by atoms with E-state index in [2.05, 4.69) is 46.5 Å². The molecule has 10 nitrogen and oxygen atoms in total. The molecule has 3 aromatic heterocycles. The van der Waals surface area contributed by atoms with Crippen molar-refractivity contribution in [2.24, 2.45) is 10.8 Å².